The Morgan fingerprint density at radius 1 is 0.733 bits per heavy atom. The molecule has 0 spiro atoms. The Labute approximate surface area is 176 Å². The van der Waals surface area contributed by atoms with Gasteiger partial charge in [0.05, 0.1) is 19.3 Å². The average Bonchev–Trinajstić information content (AvgIpc) is 2.75. The molecule has 0 radical (unpaired) electrons. The van der Waals surface area contributed by atoms with Gasteiger partial charge in [0.25, 0.3) is 0 Å². The Hall–Kier alpha value is -0.440. The Balaban J connectivity index is 2.12. The normalized spacial score (nSPS) is 42.6. The van der Waals surface area contributed by atoms with Crippen LogP contribution in [-0.4, -0.2) is 118 Å². The smallest absolute Gasteiger partial charge is 0.187 e. The molecule has 2 fully saturated rings. The topological polar surface area (TPSA) is 168 Å². The van der Waals surface area contributed by atoms with Crippen LogP contribution in [0, 0.1) is 0 Å². The summed E-state index contributed by atoms with van der Waals surface area (Å²) in [4.78, 5) is 0. The highest BCUT2D eigenvalue weighted by Crippen LogP contribution is 2.31. The molecule has 0 amide bonds. The van der Waals surface area contributed by atoms with E-state index in [4.69, 9.17) is 23.7 Å². The molecule has 30 heavy (non-hydrogen) atoms. The quantitative estimate of drug-likeness (QED) is 0.219. The van der Waals surface area contributed by atoms with Crippen LogP contribution in [0.3, 0.4) is 0 Å². The lowest BCUT2D eigenvalue weighted by atomic mass is 9.96. The molecule has 2 saturated heterocycles. The van der Waals surface area contributed by atoms with Crippen LogP contribution in [-0.2, 0) is 23.7 Å². The fraction of sp³-hybridized carbons (Fsp3) is 1.00. The van der Waals surface area contributed by atoms with Crippen molar-refractivity contribution in [3.05, 3.63) is 0 Å². The Kier molecular flexibility index (Phi) is 10.3. The molecule has 10 atom stereocenters. The van der Waals surface area contributed by atoms with E-state index in [1.807, 2.05) is 13.8 Å². The van der Waals surface area contributed by atoms with Crippen molar-refractivity contribution in [1.29, 1.82) is 0 Å². The first-order valence-corrected chi connectivity index (χ1v) is 10.5. The van der Waals surface area contributed by atoms with E-state index in [0.717, 1.165) is 0 Å². The highest BCUT2D eigenvalue weighted by Gasteiger charge is 2.51. The first-order valence-electron chi connectivity index (χ1n) is 10.5. The second-order valence-electron chi connectivity index (χ2n) is 7.51. The third kappa shape index (κ3) is 5.67. The number of hydrogen-bond acceptors (Lipinski definition) is 11. The Morgan fingerprint density at radius 2 is 1.23 bits per heavy atom. The van der Waals surface area contributed by atoms with Crippen LogP contribution in [0.1, 0.15) is 33.6 Å². The zero-order valence-corrected chi connectivity index (χ0v) is 17.6. The molecule has 10 unspecified atom stereocenters. The summed E-state index contributed by atoms with van der Waals surface area (Å²) in [5.74, 6) is 0. The first kappa shape index (κ1) is 25.8. The lowest BCUT2D eigenvalue weighted by Crippen LogP contribution is -2.65. The van der Waals surface area contributed by atoms with Gasteiger partial charge in [0.15, 0.2) is 12.6 Å². The summed E-state index contributed by atoms with van der Waals surface area (Å²) in [6.45, 7) is 4.66. The molecular weight excluding hydrogens is 404 g/mol. The van der Waals surface area contributed by atoms with Crippen molar-refractivity contribution in [3.63, 3.8) is 0 Å². The molecule has 0 aliphatic carbocycles. The summed E-state index contributed by atoms with van der Waals surface area (Å²) < 4.78 is 27.7. The third-order valence-corrected chi connectivity index (χ3v) is 5.52. The summed E-state index contributed by atoms with van der Waals surface area (Å²) in [5.41, 5.74) is 0. The van der Waals surface area contributed by atoms with E-state index in [-0.39, 0.29) is 12.7 Å². The second kappa shape index (κ2) is 12.0. The molecule has 2 aliphatic rings. The summed E-state index contributed by atoms with van der Waals surface area (Å²) in [5, 5.41) is 61.1. The highest BCUT2D eigenvalue weighted by molar-refractivity contribution is 4.94. The lowest BCUT2D eigenvalue weighted by molar-refractivity contribution is -0.362. The molecule has 2 heterocycles. The maximum atomic E-state index is 10.6. The molecule has 0 aromatic carbocycles. The summed E-state index contributed by atoms with van der Waals surface area (Å²) >= 11 is 0. The molecule has 11 heteroatoms. The van der Waals surface area contributed by atoms with Crippen LogP contribution in [0.2, 0.25) is 0 Å². The molecule has 11 nitrogen and oxygen atoms in total. The van der Waals surface area contributed by atoms with Crippen molar-refractivity contribution >= 4 is 0 Å². The molecule has 2 rings (SSSR count). The standard InChI is InChI=1S/C19H36O11/c1-4-9(5-2)27-16-10(7-20)29-19(15(25)13(16)23)30-17-11(8-21)28-18(26-6-3)14(24)12(17)22/h9-25H,4-8H2,1-3H3. The van der Waals surface area contributed by atoms with Gasteiger partial charge in [0.1, 0.15) is 48.8 Å². The fourth-order valence-corrected chi connectivity index (χ4v) is 3.71. The minimum atomic E-state index is -1.57. The minimum absolute atomic E-state index is 0.190. The minimum Gasteiger partial charge on any atom is -0.394 e. The first-order chi connectivity index (χ1) is 14.3. The van der Waals surface area contributed by atoms with E-state index in [1.54, 1.807) is 6.92 Å². The SMILES string of the molecule is CCOC1OC(CO)C(OC2OC(CO)C(OC(CC)CC)C(O)C2O)C(O)C1O. The zero-order valence-electron chi connectivity index (χ0n) is 17.6. The monoisotopic (exact) mass is 440 g/mol. The van der Waals surface area contributed by atoms with Crippen molar-refractivity contribution in [2.24, 2.45) is 0 Å². The predicted octanol–water partition coefficient (Wildman–Crippen LogP) is -2.14. The van der Waals surface area contributed by atoms with Crippen LogP contribution < -0.4 is 0 Å². The van der Waals surface area contributed by atoms with Gasteiger partial charge in [0.2, 0.25) is 0 Å². The maximum Gasteiger partial charge on any atom is 0.187 e. The van der Waals surface area contributed by atoms with E-state index in [0.29, 0.717) is 12.8 Å². The maximum absolute atomic E-state index is 10.6. The summed E-state index contributed by atoms with van der Waals surface area (Å²) in [6, 6.07) is 0. The van der Waals surface area contributed by atoms with E-state index >= 15 is 0 Å². The van der Waals surface area contributed by atoms with Crippen LogP contribution >= 0.6 is 0 Å². The third-order valence-electron chi connectivity index (χ3n) is 5.52. The van der Waals surface area contributed by atoms with Gasteiger partial charge < -0.3 is 54.3 Å². The van der Waals surface area contributed by atoms with Gasteiger partial charge in [-0.3, -0.25) is 0 Å². The Morgan fingerprint density at radius 3 is 1.77 bits per heavy atom. The van der Waals surface area contributed by atoms with Crippen LogP contribution in [0.15, 0.2) is 0 Å². The highest BCUT2D eigenvalue weighted by atomic mass is 16.7. The zero-order chi connectivity index (χ0) is 22.4. The van der Waals surface area contributed by atoms with Crippen molar-refractivity contribution in [2.75, 3.05) is 19.8 Å². The van der Waals surface area contributed by atoms with E-state index in [2.05, 4.69) is 0 Å². The van der Waals surface area contributed by atoms with Crippen LogP contribution in [0.25, 0.3) is 0 Å². The van der Waals surface area contributed by atoms with Gasteiger partial charge in [-0.15, -0.1) is 0 Å². The van der Waals surface area contributed by atoms with E-state index in [9.17, 15) is 30.6 Å². The van der Waals surface area contributed by atoms with E-state index < -0.39 is 74.6 Å². The molecule has 0 bridgehead atoms. The summed E-state index contributed by atoms with van der Waals surface area (Å²) in [7, 11) is 0. The van der Waals surface area contributed by atoms with Gasteiger partial charge >= 0.3 is 0 Å². The molecule has 6 N–H and O–H groups in total. The summed E-state index contributed by atoms with van der Waals surface area (Å²) in [6.07, 6.45) is -11.8. The van der Waals surface area contributed by atoms with Crippen molar-refractivity contribution in [3.8, 4) is 0 Å². The van der Waals surface area contributed by atoms with Crippen LogP contribution in [0.4, 0.5) is 0 Å². The van der Waals surface area contributed by atoms with Crippen molar-refractivity contribution in [2.45, 2.75) is 101 Å². The average molecular weight is 440 g/mol. The van der Waals surface area contributed by atoms with Gasteiger partial charge in [-0.05, 0) is 19.8 Å². The molecule has 0 aromatic heterocycles. The predicted molar refractivity (Wildman–Crippen MR) is 101 cm³/mol. The molecule has 2 aliphatic heterocycles. The number of aliphatic hydroxyl groups is 6. The van der Waals surface area contributed by atoms with Crippen molar-refractivity contribution < 1.29 is 54.3 Å². The van der Waals surface area contributed by atoms with Gasteiger partial charge in [0, 0.05) is 6.61 Å². The van der Waals surface area contributed by atoms with Crippen LogP contribution in [0.5, 0.6) is 0 Å². The number of ether oxygens (including phenoxy) is 5. The van der Waals surface area contributed by atoms with Gasteiger partial charge in [-0.25, -0.2) is 0 Å². The molecule has 0 aromatic rings. The molecular formula is C19H36O11. The Bertz CT molecular complexity index is 487. The number of rotatable bonds is 10. The van der Waals surface area contributed by atoms with Gasteiger partial charge in [-0.1, -0.05) is 13.8 Å². The van der Waals surface area contributed by atoms with Gasteiger partial charge in [-0.2, -0.15) is 0 Å². The molecule has 178 valence electrons. The second-order valence-corrected chi connectivity index (χ2v) is 7.51. The number of aliphatic hydroxyl groups excluding tert-OH is 6. The number of hydrogen-bond donors (Lipinski definition) is 6. The van der Waals surface area contributed by atoms with Crippen molar-refractivity contribution in [1.82, 2.24) is 0 Å². The lowest BCUT2D eigenvalue weighted by Gasteiger charge is -2.47. The fourth-order valence-electron chi connectivity index (χ4n) is 3.71. The largest absolute Gasteiger partial charge is 0.394 e. The van der Waals surface area contributed by atoms with E-state index in [1.165, 1.54) is 0 Å². The molecule has 0 saturated carbocycles.